The van der Waals surface area contributed by atoms with Crippen LogP contribution in [-0.2, 0) is 6.61 Å². The number of nitrogens with zero attached hydrogens (tertiary/aromatic N) is 1. The van der Waals surface area contributed by atoms with Gasteiger partial charge in [-0.05, 0) is 42.3 Å². The number of alkyl halides is 7. The molecule has 2 aromatic carbocycles. The minimum absolute atomic E-state index is 0.0203. The van der Waals surface area contributed by atoms with Gasteiger partial charge in [-0.15, -0.1) is 0 Å². The third-order valence-corrected chi connectivity index (χ3v) is 4.61. The molecule has 4 nitrogen and oxygen atoms in total. The highest BCUT2D eigenvalue weighted by Crippen LogP contribution is 2.45. The van der Waals surface area contributed by atoms with Crippen LogP contribution in [0.4, 0.5) is 30.7 Å². The van der Waals surface area contributed by atoms with E-state index < -0.39 is 18.1 Å². The van der Waals surface area contributed by atoms with E-state index in [1.54, 1.807) is 31.2 Å². The van der Waals surface area contributed by atoms with Gasteiger partial charge in [-0.2, -0.15) is 35.8 Å². The molecule has 32 heavy (non-hydrogen) atoms. The van der Waals surface area contributed by atoms with E-state index in [0.717, 1.165) is 10.0 Å². The number of halogens is 9. The first-order valence-corrected chi connectivity index (χ1v) is 9.91. The average molecular weight is 552 g/mol. The van der Waals surface area contributed by atoms with Gasteiger partial charge in [0.05, 0.1) is 17.8 Å². The van der Waals surface area contributed by atoms with Crippen molar-refractivity contribution < 1.29 is 40.2 Å². The first-order chi connectivity index (χ1) is 14.8. The molecule has 0 atom stereocenters. The maximum absolute atomic E-state index is 13.3. The van der Waals surface area contributed by atoms with Crippen LogP contribution < -0.4 is 14.9 Å². The maximum atomic E-state index is 13.3. The third kappa shape index (κ3) is 6.18. The molecule has 0 bridgehead atoms. The standard InChI is InChI=1S/C19H15BrClF7N2O2/c1-2-31-15-8-12(9-29-30-19(27,28)17(22,23)18(24,25)26)7-14(21)16(15)32-10-11-3-5-13(20)6-4-11/h3-9,30H,2,10H2,1H3/b29-9+. The van der Waals surface area contributed by atoms with Crippen LogP contribution >= 0.6 is 27.5 Å². The van der Waals surface area contributed by atoms with Crippen molar-refractivity contribution in [2.75, 3.05) is 6.61 Å². The van der Waals surface area contributed by atoms with Crippen molar-refractivity contribution in [2.24, 2.45) is 5.10 Å². The van der Waals surface area contributed by atoms with Gasteiger partial charge in [0.2, 0.25) is 0 Å². The summed E-state index contributed by atoms with van der Waals surface area (Å²) in [6, 6.07) is 3.94. The van der Waals surface area contributed by atoms with Crippen molar-refractivity contribution in [1.29, 1.82) is 0 Å². The largest absolute Gasteiger partial charge is 0.490 e. The summed E-state index contributed by atoms with van der Waals surface area (Å²) in [4.78, 5) is 0. The van der Waals surface area contributed by atoms with E-state index in [2.05, 4.69) is 21.0 Å². The van der Waals surface area contributed by atoms with E-state index in [-0.39, 0.29) is 35.3 Å². The van der Waals surface area contributed by atoms with Crippen LogP contribution in [0.2, 0.25) is 5.02 Å². The maximum Gasteiger partial charge on any atom is 0.462 e. The van der Waals surface area contributed by atoms with Crippen LogP contribution in [0.3, 0.4) is 0 Å². The van der Waals surface area contributed by atoms with Gasteiger partial charge in [0.1, 0.15) is 6.61 Å². The first kappa shape index (κ1) is 26.0. The molecule has 0 fully saturated rings. The lowest BCUT2D eigenvalue weighted by Gasteiger charge is -2.27. The second kappa shape index (κ2) is 10.2. The summed E-state index contributed by atoms with van der Waals surface area (Å²) in [5, 5.41) is 2.78. The van der Waals surface area contributed by atoms with Crippen molar-refractivity contribution in [1.82, 2.24) is 5.43 Å². The molecule has 0 spiro atoms. The Morgan fingerprint density at radius 1 is 1.03 bits per heavy atom. The van der Waals surface area contributed by atoms with Gasteiger partial charge in [-0.25, -0.2) is 5.43 Å². The molecule has 0 amide bonds. The molecule has 0 aliphatic carbocycles. The fraction of sp³-hybridized carbons (Fsp3) is 0.316. The molecule has 13 heteroatoms. The highest BCUT2D eigenvalue weighted by atomic mass is 79.9. The molecule has 0 saturated heterocycles. The van der Waals surface area contributed by atoms with Gasteiger partial charge in [-0.1, -0.05) is 39.7 Å². The predicted molar refractivity (Wildman–Crippen MR) is 108 cm³/mol. The number of hydrogen-bond donors (Lipinski definition) is 1. The van der Waals surface area contributed by atoms with Gasteiger partial charge < -0.3 is 9.47 Å². The molecular formula is C19H15BrClF7N2O2. The summed E-state index contributed by atoms with van der Waals surface area (Å²) in [5.74, 6) is -6.13. The molecule has 0 unspecified atom stereocenters. The van der Waals surface area contributed by atoms with E-state index in [9.17, 15) is 30.7 Å². The van der Waals surface area contributed by atoms with Crippen molar-refractivity contribution in [3.05, 3.63) is 57.0 Å². The minimum atomic E-state index is -6.47. The van der Waals surface area contributed by atoms with Gasteiger partial charge in [0.25, 0.3) is 0 Å². The summed E-state index contributed by atoms with van der Waals surface area (Å²) in [6.45, 7) is 1.93. The molecule has 2 rings (SSSR count). The molecule has 0 saturated carbocycles. The Kier molecular flexibility index (Phi) is 8.27. The number of hydrazone groups is 1. The van der Waals surface area contributed by atoms with Gasteiger partial charge >= 0.3 is 18.1 Å². The molecule has 0 radical (unpaired) electrons. The monoisotopic (exact) mass is 550 g/mol. The van der Waals surface area contributed by atoms with Crippen LogP contribution in [0.1, 0.15) is 18.1 Å². The number of ether oxygens (including phenoxy) is 2. The van der Waals surface area contributed by atoms with Crippen LogP contribution in [-0.4, -0.2) is 31.0 Å². The first-order valence-electron chi connectivity index (χ1n) is 8.74. The number of hydrogen-bond acceptors (Lipinski definition) is 4. The second-order valence-corrected chi connectivity index (χ2v) is 7.52. The summed E-state index contributed by atoms with van der Waals surface area (Å²) >= 11 is 9.45. The van der Waals surface area contributed by atoms with Crippen molar-refractivity contribution in [3.63, 3.8) is 0 Å². The van der Waals surface area contributed by atoms with Crippen LogP contribution in [0.25, 0.3) is 0 Å². The quantitative estimate of drug-likeness (QED) is 0.161. The fourth-order valence-corrected chi connectivity index (χ4v) is 2.78. The molecule has 0 heterocycles. The zero-order valence-electron chi connectivity index (χ0n) is 16.1. The van der Waals surface area contributed by atoms with Gasteiger partial charge in [0, 0.05) is 4.47 Å². The normalized spacial score (nSPS) is 12.8. The average Bonchev–Trinajstić information content (AvgIpc) is 2.68. The third-order valence-electron chi connectivity index (χ3n) is 3.80. The van der Waals surface area contributed by atoms with Crippen LogP contribution in [0.5, 0.6) is 11.5 Å². The Labute approximate surface area is 191 Å². The second-order valence-electron chi connectivity index (χ2n) is 6.19. The Bertz CT molecular complexity index is 954. The molecule has 176 valence electrons. The zero-order valence-corrected chi connectivity index (χ0v) is 18.5. The number of benzene rings is 2. The highest BCUT2D eigenvalue weighted by Gasteiger charge is 2.73. The molecule has 1 N–H and O–H groups in total. The lowest BCUT2D eigenvalue weighted by molar-refractivity contribution is -0.361. The number of nitrogens with one attached hydrogen (secondary N) is 1. The Morgan fingerprint density at radius 2 is 1.66 bits per heavy atom. The van der Waals surface area contributed by atoms with Crippen molar-refractivity contribution in [2.45, 2.75) is 31.7 Å². The zero-order chi connectivity index (χ0) is 24.2. The van der Waals surface area contributed by atoms with E-state index in [0.29, 0.717) is 11.6 Å². The van der Waals surface area contributed by atoms with Gasteiger partial charge in [-0.3, -0.25) is 0 Å². The predicted octanol–water partition coefficient (Wildman–Crippen LogP) is 6.79. The summed E-state index contributed by atoms with van der Waals surface area (Å²) < 4.78 is 101. The smallest absolute Gasteiger partial charge is 0.462 e. The Hall–Kier alpha value is -2.21. The van der Waals surface area contributed by atoms with Crippen LogP contribution in [0, 0.1) is 0 Å². The van der Waals surface area contributed by atoms with E-state index >= 15 is 0 Å². The Morgan fingerprint density at radius 3 is 2.22 bits per heavy atom. The van der Waals surface area contributed by atoms with E-state index in [4.69, 9.17) is 21.1 Å². The lowest BCUT2D eigenvalue weighted by Crippen LogP contribution is -2.58. The SMILES string of the molecule is CCOc1cc(/C=N/NC(F)(F)C(F)(F)C(F)(F)F)cc(Cl)c1OCc1ccc(Br)cc1. The summed E-state index contributed by atoms with van der Waals surface area (Å²) in [7, 11) is 0. The lowest BCUT2D eigenvalue weighted by atomic mass is 10.2. The van der Waals surface area contributed by atoms with Crippen molar-refractivity contribution >= 4 is 33.7 Å². The number of rotatable bonds is 9. The topological polar surface area (TPSA) is 42.8 Å². The van der Waals surface area contributed by atoms with Gasteiger partial charge in [0.15, 0.2) is 11.5 Å². The van der Waals surface area contributed by atoms with Crippen molar-refractivity contribution in [3.8, 4) is 11.5 Å². The molecule has 0 aliphatic rings. The van der Waals surface area contributed by atoms with E-state index in [1.165, 1.54) is 12.1 Å². The molecule has 0 aliphatic heterocycles. The highest BCUT2D eigenvalue weighted by molar-refractivity contribution is 9.10. The van der Waals surface area contributed by atoms with Crippen LogP contribution in [0.15, 0.2) is 46.0 Å². The summed E-state index contributed by atoms with van der Waals surface area (Å²) in [5.41, 5.74) is 1.32. The summed E-state index contributed by atoms with van der Waals surface area (Å²) in [6.07, 6.45) is -5.88. The Balaban J connectivity index is 2.20. The minimum Gasteiger partial charge on any atom is -0.490 e. The molecule has 2 aromatic rings. The molecular weight excluding hydrogens is 537 g/mol. The van der Waals surface area contributed by atoms with E-state index in [1.807, 2.05) is 0 Å². The fourth-order valence-electron chi connectivity index (χ4n) is 2.24. The molecule has 0 aromatic heterocycles.